The summed E-state index contributed by atoms with van der Waals surface area (Å²) in [5, 5.41) is 0. The first kappa shape index (κ1) is 20.3. The molecule has 2 aliphatic heterocycles. The summed E-state index contributed by atoms with van der Waals surface area (Å²) in [7, 11) is 0. The maximum absolute atomic E-state index is 2.57. The molecule has 0 saturated carbocycles. The molecule has 176 valence electrons. The van der Waals surface area contributed by atoms with Gasteiger partial charge in [-0.05, 0) is 114 Å². The SMILES string of the molecule is Cc1cc2c(s1)B1c3cc4c(cc3N(c3ccc5c(c3)CC5)c3cccc(c31)N2c1ccccc1)CC4. The van der Waals surface area contributed by atoms with Crippen LogP contribution in [0, 0.1) is 6.92 Å². The van der Waals surface area contributed by atoms with Gasteiger partial charge < -0.3 is 9.80 Å². The van der Waals surface area contributed by atoms with Crippen molar-refractivity contribution < 1.29 is 0 Å². The third-order valence-corrected chi connectivity index (χ3v) is 9.99. The number of anilines is 6. The minimum Gasteiger partial charge on any atom is -0.311 e. The Labute approximate surface area is 221 Å². The van der Waals surface area contributed by atoms with Crippen LogP contribution in [0.4, 0.5) is 34.1 Å². The Morgan fingerprint density at radius 1 is 0.595 bits per heavy atom. The predicted octanol–water partition coefficient (Wildman–Crippen LogP) is 6.34. The number of nitrogens with zero attached hydrogens (tertiary/aromatic N) is 2. The normalized spacial score (nSPS) is 15.6. The van der Waals surface area contributed by atoms with E-state index in [1.165, 1.54) is 103 Å². The second-order valence-electron chi connectivity index (χ2n) is 10.9. The summed E-state index contributed by atoms with van der Waals surface area (Å²) in [6, 6.07) is 32.4. The average Bonchev–Trinajstić information content (AvgIpc) is 3.27. The Hall–Kier alpha value is -3.76. The fourth-order valence-electron chi connectivity index (χ4n) is 6.95. The van der Waals surface area contributed by atoms with Crippen molar-refractivity contribution in [3.05, 3.63) is 112 Å². The fraction of sp³-hybridized carbons (Fsp3) is 0.152. The molecule has 4 heteroatoms. The monoisotopic (exact) mass is 492 g/mol. The molecule has 0 fully saturated rings. The Bertz CT molecular complexity index is 1770. The van der Waals surface area contributed by atoms with E-state index in [0.29, 0.717) is 0 Å². The third-order valence-electron chi connectivity index (χ3n) is 8.89. The van der Waals surface area contributed by atoms with Crippen LogP contribution in [0.25, 0.3) is 0 Å². The molecule has 2 aliphatic carbocycles. The predicted molar refractivity (Wildman–Crippen MR) is 158 cm³/mol. The first-order chi connectivity index (χ1) is 18.2. The topological polar surface area (TPSA) is 6.48 Å². The highest BCUT2D eigenvalue weighted by Crippen LogP contribution is 2.46. The van der Waals surface area contributed by atoms with Gasteiger partial charge >= 0.3 is 0 Å². The molecule has 0 unspecified atom stereocenters. The summed E-state index contributed by atoms with van der Waals surface area (Å²) in [5.74, 6) is 0. The first-order valence-corrected chi connectivity index (χ1v) is 14.2. The summed E-state index contributed by atoms with van der Waals surface area (Å²) >= 11 is 1.97. The van der Waals surface area contributed by atoms with E-state index in [0.717, 1.165) is 0 Å². The summed E-state index contributed by atoms with van der Waals surface area (Å²) in [5.41, 5.74) is 16.9. The first-order valence-electron chi connectivity index (χ1n) is 13.4. The van der Waals surface area contributed by atoms with Gasteiger partial charge in [0.15, 0.2) is 0 Å². The van der Waals surface area contributed by atoms with Crippen molar-refractivity contribution in [1.29, 1.82) is 0 Å². The molecule has 4 aromatic carbocycles. The van der Waals surface area contributed by atoms with E-state index >= 15 is 0 Å². The van der Waals surface area contributed by atoms with Crippen LogP contribution in [-0.2, 0) is 25.7 Å². The van der Waals surface area contributed by atoms with Crippen LogP contribution in [0.5, 0.6) is 0 Å². The minimum atomic E-state index is 0.267. The number of rotatable bonds is 2. The molecule has 4 aliphatic rings. The van der Waals surface area contributed by atoms with Gasteiger partial charge in [-0.1, -0.05) is 36.4 Å². The molecule has 3 heterocycles. The molecule has 0 spiro atoms. The van der Waals surface area contributed by atoms with Gasteiger partial charge in [0, 0.05) is 38.1 Å². The lowest BCUT2D eigenvalue weighted by Gasteiger charge is -2.44. The molecule has 0 N–H and O–H groups in total. The van der Waals surface area contributed by atoms with Crippen molar-refractivity contribution in [1.82, 2.24) is 0 Å². The zero-order valence-corrected chi connectivity index (χ0v) is 21.6. The van der Waals surface area contributed by atoms with Gasteiger partial charge in [-0.2, -0.15) is 11.3 Å². The van der Waals surface area contributed by atoms with Crippen molar-refractivity contribution in [2.75, 3.05) is 9.80 Å². The average molecular weight is 492 g/mol. The number of aryl methyl sites for hydroxylation is 5. The maximum Gasteiger partial charge on any atom is 0.264 e. The van der Waals surface area contributed by atoms with Gasteiger partial charge in [0.2, 0.25) is 0 Å². The van der Waals surface area contributed by atoms with Crippen molar-refractivity contribution in [3.8, 4) is 0 Å². The van der Waals surface area contributed by atoms with Crippen LogP contribution in [-0.4, -0.2) is 6.71 Å². The van der Waals surface area contributed by atoms with Gasteiger partial charge in [0.25, 0.3) is 6.71 Å². The fourth-order valence-corrected chi connectivity index (χ4v) is 8.08. The molecule has 0 saturated heterocycles. The van der Waals surface area contributed by atoms with E-state index in [-0.39, 0.29) is 6.71 Å². The highest BCUT2D eigenvalue weighted by Gasteiger charge is 2.45. The van der Waals surface area contributed by atoms with E-state index in [9.17, 15) is 0 Å². The smallest absolute Gasteiger partial charge is 0.264 e. The second kappa shape index (κ2) is 7.17. The molecule has 0 amide bonds. The molecule has 9 rings (SSSR count). The molecule has 1 aromatic heterocycles. The number of benzene rings is 4. The van der Waals surface area contributed by atoms with E-state index < -0.39 is 0 Å². The number of hydrogen-bond acceptors (Lipinski definition) is 3. The largest absolute Gasteiger partial charge is 0.311 e. The van der Waals surface area contributed by atoms with Crippen LogP contribution < -0.4 is 25.5 Å². The lowest BCUT2D eigenvalue weighted by Crippen LogP contribution is -2.60. The zero-order valence-electron chi connectivity index (χ0n) is 20.8. The Morgan fingerprint density at radius 3 is 2.03 bits per heavy atom. The minimum absolute atomic E-state index is 0.267. The van der Waals surface area contributed by atoms with E-state index in [1.807, 2.05) is 11.3 Å². The molecular weight excluding hydrogens is 467 g/mol. The van der Waals surface area contributed by atoms with Crippen LogP contribution >= 0.6 is 11.3 Å². The number of hydrogen-bond donors (Lipinski definition) is 0. The summed E-state index contributed by atoms with van der Waals surface area (Å²) < 4.78 is 1.47. The Kier molecular flexibility index (Phi) is 3.94. The summed E-state index contributed by atoms with van der Waals surface area (Å²) in [6.07, 6.45) is 4.82. The number of fused-ring (bicyclic) bond motifs is 6. The third kappa shape index (κ3) is 2.66. The quantitative estimate of drug-likeness (QED) is 0.260. The van der Waals surface area contributed by atoms with Gasteiger partial charge in [-0.3, -0.25) is 0 Å². The van der Waals surface area contributed by atoms with Gasteiger partial charge in [0.05, 0.1) is 5.69 Å². The van der Waals surface area contributed by atoms with E-state index in [1.54, 1.807) is 0 Å². The van der Waals surface area contributed by atoms with Crippen LogP contribution in [0.2, 0.25) is 0 Å². The van der Waals surface area contributed by atoms with Crippen molar-refractivity contribution in [2.45, 2.75) is 32.6 Å². The molecule has 0 bridgehead atoms. The highest BCUT2D eigenvalue weighted by atomic mass is 32.1. The van der Waals surface area contributed by atoms with Gasteiger partial charge in [-0.15, -0.1) is 0 Å². The van der Waals surface area contributed by atoms with Crippen LogP contribution in [0.15, 0.2) is 84.9 Å². The Balaban J connectivity index is 1.37. The van der Waals surface area contributed by atoms with Gasteiger partial charge in [0.1, 0.15) is 0 Å². The molecule has 0 radical (unpaired) electrons. The van der Waals surface area contributed by atoms with E-state index in [4.69, 9.17) is 0 Å². The Morgan fingerprint density at radius 2 is 1.30 bits per heavy atom. The molecular formula is C33H25BN2S. The lowest BCUT2D eigenvalue weighted by atomic mass is 9.36. The standard InChI is InChI=1S/C33H25BN2S/c1-20-16-31-33(37-20)34-27-18-23-12-13-24(23)19-30(27)36(26-15-14-21-10-11-22(21)17-26)29-9-5-8-28(32(29)34)35(31)25-6-3-2-4-7-25/h2-9,14-19H,10-13H2,1H3. The van der Waals surface area contributed by atoms with E-state index in [2.05, 4.69) is 102 Å². The zero-order chi connectivity index (χ0) is 24.2. The van der Waals surface area contributed by atoms with Gasteiger partial charge in [-0.25, -0.2) is 0 Å². The maximum atomic E-state index is 2.57. The van der Waals surface area contributed by atoms with Crippen molar-refractivity contribution >= 4 is 67.9 Å². The summed E-state index contributed by atoms with van der Waals surface area (Å²) in [4.78, 5) is 6.43. The lowest BCUT2D eigenvalue weighted by molar-refractivity contribution is 0.837. The number of thiophene rings is 1. The molecule has 2 nitrogen and oxygen atoms in total. The molecule has 5 aromatic rings. The highest BCUT2D eigenvalue weighted by molar-refractivity contribution is 7.29. The van der Waals surface area contributed by atoms with Crippen molar-refractivity contribution in [2.24, 2.45) is 0 Å². The molecule has 0 atom stereocenters. The summed E-state index contributed by atoms with van der Waals surface area (Å²) in [6.45, 7) is 2.52. The number of para-hydroxylation sites is 1. The van der Waals surface area contributed by atoms with Crippen LogP contribution in [0.3, 0.4) is 0 Å². The molecule has 37 heavy (non-hydrogen) atoms. The second-order valence-corrected chi connectivity index (χ2v) is 12.2. The van der Waals surface area contributed by atoms with Crippen molar-refractivity contribution in [3.63, 3.8) is 0 Å². The van der Waals surface area contributed by atoms with Crippen LogP contribution in [0.1, 0.15) is 27.1 Å².